The lowest BCUT2D eigenvalue weighted by Gasteiger charge is -2.41. The molecular weight excluding hydrogens is 226 g/mol. The predicted octanol–water partition coefficient (Wildman–Crippen LogP) is 3.14. The number of rotatable bonds is 3. The van der Waals surface area contributed by atoms with E-state index in [0.717, 1.165) is 19.3 Å². The normalized spacial score (nSPS) is 32.9. The Hall–Kier alpha value is -0.570. The average Bonchev–Trinajstić information content (AvgIpc) is 2.77. The van der Waals surface area contributed by atoms with Crippen LogP contribution in [0.1, 0.15) is 58.8 Å². The number of aliphatic carboxylic acids is 1. The zero-order valence-corrected chi connectivity index (χ0v) is 12.0. The summed E-state index contributed by atoms with van der Waals surface area (Å²) in [4.78, 5) is 13.7. The van der Waals surface area contributed by atoms with Crippen molar-refractivity contribution in [3.8, 4) is 0 Å². The third-order valence-corrected chi connectivity index (χ3v) is 5.20. The van der Waals surface area contributed by atoms with Gasteiger partial charge in [0.25, 0.3) is 0 Å². The molecule has 0 aromatic heterocycles. The van der Waals surface area contributed by atoms with E-state index < -0.39 is 5.97 Å². The van der Waals surface area contributed by atoms with Crippen LogP contribution in [0.25, 0.3) is 0 Å². The van der Waals surface area contributed by atoms with Gasteiger partial charge >= 0.3 is 5.97 Å². The molecule has 0 radical (unpaired) electrons. The van der Waals surface area contributed by atoms with Crippen LogP contribution in [0.3, 0.4) is 0 Å². The van der Waals surface area contributed by atoms with E-state index in [0.29, 0.717) is 11.5 Å². The van der Waals surface area contributed by atoms with Crippen LogP contribution < -0.4 is 0 Å². The van der Waals surface area contributed by atoms with Crippen molar-refractivity contribution in [3.05, 3.63) is 0 Å². The molecule has 3 heteroatoms. The molecule has 0 bridgehead atoms. The summed E-state index contributed by atoms with van der Waals surface area (Å²) >= 11 is 0. The van der Waals surface area contributed by atoms with E-state index in [1.165, 1.54) is 25.7 Å². The van der Waals surface area contributed by atoms with Gasteiger partial charge in [0.05, 0.1) is 5.92 Å². The van der Waals surface area contributed by atoms with Crippen LogP contribution in [0.15, 0.2) is 0 Å². The van der Waals surface area contributed by atoms with Crippen LogP contribution in [-0.4, -0.2) is 35.1 Å². The van der Waals surface area contributed by atoms with Gasteiger partial charge in [0.15, 0.2) is 0 Å². The summed E-state index contributed by atoms with van der Waals surface area (Å²) in [5, 5.41) is 9.29. The summed E-state index contributed by atoms with van der Waals surface area (Å²) < 4.78 is 0. The van der Waals surface area contributed by atoms with E-state index >= 15 is 0 Å². The summed E-state index contributed by atoms with van der Waals surface area (Å²) in [6.07, 6.45) is 8.00. The molecule has 0 saturated heterocycles. The zero-order valence-electron chi connectivity index (χ0n) is 12.0. The van der Waals surface area contributed by atoms with Crippen LogP contribution in [0.4, 0.5) is 0 Å². The Morgan fingerprint density at radius 1 is 1.17 bits per heavy atom. The van der Waals surface area contributed by atoms with E-state index in [9.17, 15) is 9.90 Å². The van der Waals surface area contributed by atoms with Gasteiger partial charge in [0.1, 0.15) is 0 Å². The Labute approximate surface area is 111 Å². The molecule has 2 atom stereocenters. The van der Waals surface area contributed by atoms with Crippen molar-refractivity contribution in [2.45, 2.75) is 70.9 Å². The van der Waals surface area contributed by atoms with Crippen molar-refractivity contribution < 1.29 is 9.90 Å². The molecule has 1 N–H and O–H groups in total. The molecule has 0 spiro atoms. The van der Waals surface area contributed by atoms with E-state index in [1.54, 1.807) is 0 Å². The molecule has 0 amide bonds. The first-order valence-corrected chi connectivity index (χ1v) is 7.35. The van der Waals surface area contributed by atoms with Crippen LogP contribution in [-0.2, 0) is 4.79 Å². The Morgan fingerprint density at radius 2 is 1.78 bits per heavy atom. The highest BCUT2D eigenvalue weighted by molar-refractivity contribution is 5.71. The van der Waals surface area contributed by atoms with Gasteiger partial charge in [-0.25, -0.2) is 0 Å². The summed E-state index contributed by atoms with van der Waals surface area (Å²) in [6, 6.07) is 0.872. The fourth-order valence-electron chi connectivity index (χ4n) is 3.78. The molecule has 0 aromatic carbocycles. The zero-order chi connectivity index (χ0) is 13.3. The first-order valence-electron chi connectivity index (χ1n) is 7.35. The minimum atomic E-state index is -0.597. The molecule has 3 nitrogen and oxygen atoms in total. The fraction of sp³-hybridized carbons (Fsp3) is 0.933. The van der Waals surface area contributed by atoms with Crippen molar-refractivity contribution in [3.63, 3.8) is 0 Å². The summed E-state index contributed by atoms with van der Waals surface area (Å²) in [5.74, 6) is -0.731. The smallest absolute Gasteiger partial charge is 0.308 e. The number of carboxylic acid groups (broad SMARTS) is 1. The van der Waals surface area contributed by atoms with Crippen molar-refractivity contribution in [1.29, 1.82) is 0 Å². The lowest BCUT2D eigenvalue weighted by atomic mass is 9.75. The maximum absolute atomic E-state index is 11.3. The summed E-state index contributed by atoms with van der Waals surface area (Å²) in [6.45, 7) is 4.69. The Bertz CT molecular complexity index is 304. The van der Waals surface area contributed by atoms with E-state index in [2.05, 4.69) is 25.8 Å². The molecule has 2 fully saturated rings. The van der Waals surface area contributed by atoms with Gasteiger partial charge in [0, 0.05) is 12.1 Å². The standard InChI is InChI=1S/C15H27NO2/c1-15(2)9-7-11(8-10-15)16(3)13-6-4-5-12(13)14(17)18/h11-13H,4-10H2,1-3H3,(H,17,18). The highest BCUT2D eigenvalue weighted by Gasteiger charge is 2.39. The topological polar surface area (TPSA) is 40.5 Å². The van der Waals surface area contributed by atoms with Crippen LogP contribution in [0.5, 0.6) is 0 Å². The van der Waals surface area contributed by atoms with Gasteiger partial charge in [-0.1, -0.05) is 20.3 Å². The maximum Gasteiger partial charge on any atom is 0.308 e. The Kier molecular flexibility index (Phi) is 4.00. The Morgan fingerprint density at radius 3 is 2.33 bits per heavy atom. The molecule has 0 aromatic rings. The van der Waals surface area contributed by atoms with Crippen LogP contribution in [0.2, 0.25) is 0 Å². The summed E-state index contributed by atoms with van der Waals surface area (Å²) in [5.41, 5.74) is 0.485. The maximum atomic E-state index is 11.3. The van der Waals surface area contributed by atoms with E-state index in [4.69, 9.17) is 0 Å². The molecule has 18 heavy (non-hydrogen) atoms. The number of hydrogen-bond acceptors (Lipinski definition) is 2. The number of carbonyl (C=O) groups is 1. The average molecular weight is 253 g/mol. The molecular formula is C15H27NO2. The molecule has 2 rings (SSSR count). The molecule has 0 aliphatic heterocycles. The van der Waals surface area contributed by atoms with E-state index in [1.807, 2.05) is 0 Å². The molecule has 2 aliphatic rings. The monoisotopic (exact) mass is 253 g/mol. The van der Waals surface area contributed by atoms with Gasteiger partial charge in [-0.3, -0.25) is 9.69 Å². The minimum Gasteiger partial charge on any atom is -0.481 e. The fourth-order valence-corrected chi connectivity index (χ4v) is 3.78. The second-order valence-electron chi connectivity index (χ2n) is 7.00. The molecule has 2 saturated carbocycles. The van der Waals surface area contributed by atoms with Crippen molar-refractivity contribution in [1.82, 2.24) is 4.90 Å². The number of nitrogens with zero attached hydrogens (tertiary/aromatic N) is 1. The first kappa shape index (κ1) is 13.9. The van der Waals surface area contributed by atoms with Gasteiger partial charge in [-0.15, -0.1) is 0 Å². The number of hydrogen-bond donors (Lipinski definition) is 1. The SMILES string of the molecule is CN(C1CCC(C)(C)CC1)C1CCCC1C(=O)O. The molecule has 2 unspecified atom stereocenters. The molecule has 2 aliphatic carbocycles. The van der Waals surface area contributed by atoms with Gasteiger partial charge in [-0.05, 0) is 51.0 Å². The largest absolute Gasteiger partial charge is 0.481 e. The summed E-state index contributed by atoms with van der Waals surface area (Å²) in [7, 11) is 2.15. The molecule has 0 heterocycles. The quantitative estimate of drug-likeness (QED) is 0.840. The minimum absolute atomic E-state index is 0.134. The second-order valence-corrected chi connectivity index (χ2v) is 7.00. The molecule has 104 valence electrons. The van der Waals surface area contributed by atoms with Crippen molar-refractivity contribution in [2.75, 3.05) is 7.05 Å². The van der Waals surface area contributed by atoms with Gasteiger partial charge in [-0.2, -0.15) is 0 Å². The highest BCUT2D eigenvalue weighted by atomic mass is 16.4. The van der Waals surface area contributed by atoms with E-state index in [-0.39, 0.29) is 12.0 Å². The van der Waals surface area contributed by atoms with Crippen LogP contribution in [0, 0.1) is 11.3 Å². The first-order chi connectivity index (χ1) is 8.41. The van der Waals surface area contributed by atoms with Crippen molar-refractivity contribution in [2.24, 2.45) is 11.3 Å². The third kappa shape index (κ3) is 2.87. The predicted molar refractivity (Wildman–Crippen MR) is 72.6 cm³/mol. The lowest BCUT2D eigenvalue weighted by molar-refractivity contribution is -0.143. The van der Waals surface area contributed by atoms with Crippen molar-refractivity contribution >= 4 is 5.97 Å². The van der Waals surface area contributed by atoms with Crippen LogP contribution >= 0.6 is 0 Å². The van der Waals surface area contributed by atoms with Gasteiger partial charge < -0.3 is 5.11 Å². The van der Waals surface area contributed by atoms with Gasteiger partial charge in [0.2, 0.25) is 0 Å². The second kappa shape index (κ2) is 5.20. The third-order valence-electron chi connectivity index (χ3n) is 5.20. The lowest BCUT2D eigenvalue weighted by Crippen LogP contribution is -2.46. The highest BCUT2D eigenvalue weighted by Crippen LogP contribution is 2.39. The number of carboxylic acids is 1. The Balaban J connectivity index is 1.95.